The molecule has 20 heavy (non-hydrogen) atoms. The van der Waals surface area contributed by atoms with Crippen LogP contribution in [0.5, 0.6) is 0 Å². The van der Waals surface area contributed by atoms with Crippen molar-refractivity contribution in [1.82, 2.24) is 4.90 Å². The molecule has 1 aromatic carbocycles. The fourth-order valence-electron chi connectivity index (χ4n) is 2.33. The summed E-state index contributed by atoms with van der Waals surface area (Å²) in [6.45, 7) is 3.17. The number of hydrogen-bond donors (Lipinski definition) is 2. The molecule has 0 spiro atoms. The van der Waals surface area contributed by atoms with Gasteiger partial charge in [0.25, 0.3) is 0 Å². The van der Waals surface area contributed by atoms with Crippen LogP contribution in [0.1, 0.15) is 19.8 Å². The highest BCUT2D eigenvalue weighted by atomic mass is 35.5. The highest BCUT2D eigenvalue weighted by Crippen LogP contribution is 2.19. The molecular weight excluding hydrogens is 278 g/mol. The van der Waals surface area contributed by atoms with Gasteiger partial charge in [-0.3, -0.25) is 0 Å². The van der Waals surface area contributed by atoms with Gasteiger partial charge in [-0.2, -0.15) is 0 Å². The van der Waals surface area contributed by atoms with Crippen LogP contribution in [0, 0.1) is 5.92 Å². The maximum absolute atomic E-state index is 12.2. The number of rotatable bonds is 2. The van der Waals surface area contributed by atoms with Crippen LogP contribution < -0.4 is 5.32 Å². The highest BCUT2D eigenvalue weighted by molar-refractivity contribution is 6.30. The molecule has 1 fully saturated rings. The number of oxime groups is 1. The van der Waals surface area contributed by atoms with Crippen molar-refractivity contribution in [2.75, 3.05) is 18.4 Å². The Labute approximate surface area is 123 Å². The monoisotopic (exact) mass is 295 g/mol. The Bertz CT molecular complexity index is 502. The first-order valence-electron chi connectivity index (χ1n) is 6.66. The van der Waals surface area contributed by atoms with Crippen LogP contribution >= 0.6 is 11.6 Å². The molecule has 1 aromatic rings. The Kier molecular flexibility index (Phi) is 4.84. The fraction of sp³-hybridized carbons (Fsp3) is 0.429. The van der Waals surface area contributed by atoms with E-state index in [2.05, 4.69) is 10.5 Å². The van der Waals surface area contributed by atoms with Crippen molar-refractivity contribution in [3.63, 3.8) is 0 Å². The summed E-state index contributed by atoms with van der Waals surface area (Å²) in [5.74, 6) is 0.129. The molecule has 0 aliphatic carbocycles. The zero-order valence-electron chi connectivity index (χ0n) is 11.3. The lowest BCUT2D eigenvalue weighted by Gasteiger charge is -2.32. The van der Waals surface area contributed by atoms with E-state index in [9.17, 15) is 4.79 Å². The number of carbonyl (C=O) groups excluding carboxylic acids is 1. The van der Waals surface area contributed by atoms with Crippen molar-refractivity contribution in [3.05, 3.63) is 29.3 Å². The zero-order chi connectivity index (χ0) is 14.5. The summed E-state index contributed by atoms with van der Waals surface area (Å²) in [6, 6.07) is 6.87. The zero-order valence-corrected chi connectivity index (χ0v) is 12.1. The number of likely N-dealkylation sites (tertiary alicyclic amines) is 1. The molecule has 0 saturated carbocycles. The molecule has 1 heterocycles. The lowest BCUT2D eigenvalue weighted by Crippen LogP contribution is -2.45. The van der Waals surface area contributed by atoms with Gasteiger partial charge >= 0.3 is 6.03 Å². The number of benzene rings is 1. The van der Waals surface area contributed by atoms with Gasteiger partial charge in [0.15, 0.2) is 0 Å². The van der Waals surface area contributed by atoms with Gasteiger partial charge < -0.3 is 15.4 Å². The lowest BCUT2D eigenvalue weighted by molar-refractivity contribution is 0.200. The Morgan fingerprint density at radius 3 is 2.80 bits per heavy atom. The maximum Gasteiger partial charge on any atom is 0.321 e. The lowest BCUT2D eigenvalue weighted by atomic mass is 9.93. The molecule has 2 amide bonds. The quantitative estimate of drug-likeness (QED) is 0.648. The second-order valence-electron chi connectivity index (χ2n) is 4.83. The summed E-state index contributed by atoms with van der Waals surface area (Å²) in [4.78, 5) is 13.9. The molecule has 0 bridgehead atoms. The first-order valence-corrected chi connectivity index (χ1v) is 7.04. The first kappa shape index (κ1) is 14.7. The van der Waals surface area contributed by atoms with E-state index in [0.29, 0.717) is 30.2 Å². The van der Waals surface area contributed by atoms with Gasteiger partial charge in [0.1, 0.15) is 0 Å². The third kappa shape index (κ3) is 3.42. The van der Waals surface area contributed by atoms with E-state index in [0.717, 1.165) is 12.1 Å². The Morgan fingerprint density at radius 2 is 2.20 bits per heavy atom. The second-order valence-corrected chi connectivity index (χ2v) is 5.27. The molecule has 6 heteroatoms. The number of anilines is 1. The van der Waals surface area contributed by atoms with Crippen LogP contribution in [-0.4, -0.2) is 34.9 Å². The number of halogens is 1. The molecule has 1 aliphatic heterocycles. The number of urea groups is 1. The summed E-state index contributed by atoms with van der Waals surface area (Å²) in [5.41, 5.74) is 1.50. The van der Waals surface area contributed by atoms with Crippen LogP contribution in [-0.2, 0) is 0 Å². The van der Waals surface area contributed by atoms with Gasteiger partial charge in [-0.1, -0.05) is 23.7 Å². The number of nitrogens with zero attached hydrogens (tertiary/aromatic N) is 2. The van der Waals surface area contributed by atoms with Crippen molar-refractivity contribution >= 4 is 29.0 Å². The summed E-state index contributed by atoms with van der Waals surface area (Å²) >= 11 is 5.81. The van der Waals surface area contributed by atoms with E-state index in [1.54, 1.807) is 29.2 Å². The molecular formula is C14H18ClN3O2. The van der Waals surface area contributed by atoms with Crippen LogP contribution in [0.2, 0.25) is 5.02 Å². The smallest absolute Gasteiger partial charge is 0.321 e. The van der Waals surface area contributed by atoms with E-state index in [4.69, 9.17) is 16.8 Å². The standard InChI is InChI=1S/C14H18ClN3O2/c1-2-10-9-18(8-7-13(10)17-20)14(19)16-12-5-3-11(15)4-6-12/h3-6,10,20H,2,7-9H2,1H3,(H,16,19)/b17-13+. The fourth-order valence-corrected chi connectivity index (χ4v) is 2.46. The molecule has 1 unspecified atom stereocenters. The van der Waals surface area contributed by atoms with Gasteiger partial charge in [0.05, 0.1) is 5.71 Å². The van der Waals surface area contributed by atoms with Gasteiger partial charge in [0, 0.05) is 36.1 Å². The third-order valence-corrected chi connectivity index (χ3v) is 3.81. The Balaban J connectivity index is 1.98. The predicted molar refractivity (Wildman–Crippen MR) is 79.7 cm³/mol. The van der Waals surface area contributed by atoms with Crippen LogP contribution in [0.4, 0.5) is 10.5 Å². The van der Waals surface area contributed by atoms with Crippen LogP contribution in [0.25, 0.3) is 0 Å². The molecule has 1 saturated heterocycles. The van der Waals surface area contributed by atoms with Gasteiger partial charge in [-0.05, 0) is 30.7 Å². The molecule has 108 valence electrons. The van der Waals surface area contributed by atoms with E-state index < -0.39 is 0 Å². The molecule has 2 rings (SSSR count). The topological polar surface area (TPSA) is 64.9 Å². The van der Waals surface area contributed by atoms with Crippen molar-refractivity contribution in [3.8, 4) is 0 Å². The molecule has 2 N–H and O–H groups in total. The average molecular weight is 296 g/mol. The normalized spacial score (nSPS) is 21.0. The number of nitrogens with one attached hydrogen (secondary N) is 1. The summed E-state index contributed by atoms with van der Waals surface area (Å²) in [6.07, 6.45) is 1.47. The van der Waals surface area contributed by atoms with Crippen molar-refractivity contribution in [1.29, 1.82) is 0 Å². The van der Waals surface area contributed by atoms with E-state index in [-0.39, 0.29) is 11.9 Å². The number of piperidine rings is 1. The Hall–Kier alpha value is -1.75. The van der Waals surface area contributed by atoms with Crippen molar-refractivity contribution < 1.29 is 10.0 Å². The Morgan fingerprint density at radius 1 is 1.50 bits per heavy atom. The molecule has 0 aromatic heterocycles. The van der Waals surface area contributed by atoms with Crippen molar-refractivity contribution in [2.24, 2.45) is 11.1 Å². The summed E-state index contributed by atoms with van der Waals surface area (Å²) < 4.78 is 0. The molecule has 5 nitrogen and oxygen atoms in total. The molecule has 1 aliphatic rings. The van der Waals surface area contributed by atoms with Gasteiger partial charge in [-0.25, -0.2) is 4.79 Å². The minimum Gasteiger partial charge on any atom is -0.411 e. The van der Waals surface area contributed by atoms with E-state index in [1.165, 1.54) is 0 Å². The predicted octanol–water partition coefficient (Wildman–Crippen LogP) is 3.43. The highest BCUT2D eigenvalue weighted by Gasteiger charge is 2.27. The van der Waals surface area contributed by atoms with E-state index in [1.807, 2.05) is 6.92 Å². The van der Waals surface area contributed by atoms with E-state index >= 15 is 0 Å². The van der Waals surface area contributed by atoms with Crippen molar-refractivity contribution in [2.45, 2.75) is 19.8 Å². The molecule has 1 atom stereocenters. The summed E-state index contributed by atoms with van der Waals surface area (Å²) in [7, 11) is 0. The number of hydrogen-bond acceptors (Lipinski definition) is 3. The third-order valence-electron chi connectivity index (χ3n) is 3.55. The number of amides is 2. The minimum atomic E-state index is -0.136. The maximum atomic E-state index is 12.2. The number of carbonyl (C=O) groups is 1. The molecule has 0 radical (unpaired) electrons. The first-order chi connectivity index (χ1) is 9.63. The van der Waals surface area contributed by atoms with Gasteiger partial charge in [0.2, 0.25) is 0 Å². The largest absolute Gasteiger partial charge is 0.411 e. The van der Waals surface area contributed by atoms with Gasteiger partial charge in [-0.15, -0.1) is 0 Å². The van der Waals surface area contributed by atoms with Crippen LogP contribution in [0.15, 0.2) is 29.4 Å². The van der Waals surface area contributed by atoms with Crippen LogP contribution in [0.3, 0.4) is 0 Å². The SMILES string of the molecule is CCC1CN(C(=O)Nc2ccc(Cl)cc2)CC/C1=N\O. The second kappa shape index (κ2) is 6.61. The average Bonchev–Trinajstić information content (AvgIpc) is 2.48. The minimum absolute atomic E-state index is 0.129. The summed E-state index contributed by atoms with van der Waals surface area (Å²) in [5, 5.41) is 15.7.